The zero-order chi connectivity index (χ0) is 18.4. The van der Waals surface area contributed by atoms with Crippen LogP contribution in [0.4, 0.5) is 9.18 Å². The number of halogens is 1. The van der Waals surface area contributed by atoms with Crippen LogP contribution < -0.4 is 0 Å². The van der Waals surface area contributed by atoms with E-state index in [1.165, 1.54) is 18.2 Å². The minimum Gasteiger partial charge on any atom is -0.444 e. The SMILES string of the molecule is CC(C)(C)OC(=O)N1C2CCC1CC(O)(c1cc(C#N)ccc1F)C2. The molecule has 25 heavy (non-hydrogen) atoms. The lowest BCUT2D eigenvalue weighted by molar-refractivity contribution is -0.0640. The molecule has 0 saturated carbocycles. The molecule has 1 amide bonds. The maximum absolute atomic E-state index is 14.3. The van der Waals surface area contributed by atoms with Crippen molar-refractivity contribution in [3.05, 3.63) is 35.1 Å². The standard InChI is InChI=1S/C19H23FN2O3/c1-18(2,3)25-17(23)22-13-5-6-14(22)10-19(24,9-13)15-8-12(11-21)4-7-16(15)20/h4,7-8,13-14,24H,5-6,9-10H2,1-3H3. The van der Waals surface area contributed by atoms with Crippen LogP contribution in [0.15, 0.2) is 18.2 Å². The molecule has 2 heterocycles. The third-order valence-electron chi connectivity index (χ3n) is 4.97. The van der Waals surface area contributed by atoms with Crippen LogP contribution in [-0.4, -0.2) is 33.8 Å². The van der Waals surface area contributed by atoms with E-state index in [-0.39, 0.29) is 36.6 Å². The lowest BCUT2D eigenvalue weighted by atomic mass is 9.80. The molecule has 1 N–H and O–H groups in total. The molecule has 0 radical (unpaired) electrons. The number of nitrogens with zero attached hydrogens (tertiary/aromatic N) is 2. The number of hydrogen-bond donors (Lipinski definition) is 1. The Bertz CT molecular complexity index is 721. The third-order valence-corrected chi connectivity index (χ3v) is 4.97. The largest absolute Gasteiger partial charge is 0.444 e. The van der Waals surface area contributed by atoms with Gasteiger partial charge in [0.1, 0.15) is 11.4 Å². The predicted octanol–water partition coefficient (Wildman–Crippen LogP) is 3.45. The number of rotatable bonds is 1. The van der Waals surface area contributed by atoms with Crippen LogP contribution in [0.3, 0.4) is 0 Å². The normalized spacial score (nSPS) is 28.6. The van der Waals surface area contributed by atoms with Crippen molar-refractivity contribution in [1.82, 2.24) is 4.90 Å². The fraction of sp³-hybridized carbons (Fsp3) is 0.579. The van der Waals surface area contributed by atoms with E-state index < -0.39 is 17.0 Å². The molecule has 5 nitrogen and oxygen atoms in total. The summed E-state index contributed by atoms with van der Waals surface area (Å²) in [5.74, 6) is -0.522. The van der Waals surface area contributed by atoms with E-state index in [2.05, 4.69) is 0 Å². The van der Waals surface area contributed by atoms with E-state index >= 15 is 0 Å². The minimum absolute atomic E-state index is 0.146. The molecule has 2 saturated heterocycles. The smallest absolute Gasteiger partial charge is 0.410 e. The topological polar surface area (TPSA) is 73.6 Å². The van der Waals surface area contributed by atoms with E-state index in [1.807, 2.05) is 26.8 Å². The Hall–Kier alpha value is -2.13. The molecule has 3 rings (SSSR count). The molecule has 6 heteroatoms. The lowest BCUT2D eigenvalue weighted by Gasteiger charge is -2.44. The van der Waals surface area contributed by atoms with E-state index in [9.17, 15) is 14.3 Å². The van der Waals surface area contributed by atoms with E-state index in [0.29, 0.717) is 5.56 Å². The molecule has 2 fully saturated rings. The fourth-order valence-electron chi connectivity index (χ4n) is 4.01. The molecule has 0 aliphatic carbocycles. The second-order valence-corrected chi connectivity index (χ2v) is 8.02. The van der Waals surface area contributed by atoms with Crippen molar-refractivity contribution in [3.8, 4) is 6.07 Å². The van der Waals surface area contributed by atoms with Crippen LogP contribution in [0.2, 0.25) is 0 Å². The van der Waals surface area contributed by atoms with Crippen LogP contribution in [0.25, 0.3) is 0 Å². The molecule has 0 spiro atoms. The number of aliphatic hydroxyl groups is 1. The highest BCUT2D eigenvalue weighted by atomic mass is 19.1. The van der Waals surface area contributed by atoms with Crippen molar-refractivity contribution >= 4 is 6.09 Å². The maximum atomic E-state index is 14.3. The highest BCUT2D eigenvalue weighted by Gasteiger charge is 2.51. The van der Waals surface area contributed by atoms with Gasteiger partial charge in [-0.15, -0.1) is 0 Å². The first-order valence-corrected chi connectivity index (χ1v) is 8.57. The van der Waals surface area contributed by atoms with Crippen molar-refractivity contribution in [3.63, 3.8) is 0 Å². The van der Waals surface area contributed by atoms with Crippen molar-refractivity contribution in [2.75, 3.05) is 0 Å². The Kier molecular flexibility index (Phi) is 4.24. The maximum Gasteiger partial charge on any atom is 0.410 e. The van der Waals surface area contributed by atoms with Gasteiger partial charge in [0.15, 0.2) is 0 Å². The number of fused-ring (bicyclic) bond motifs is 2. The number of nitriles is 1. The van der Waals surface area contributed by atoms with Gasteiger partial charge in [0.25, 0.3) is 0 Å². The zero-order valence-electron chi connectivity index (χ0n) is 14.8. The van der Waals surface area contributed by atoms with Crippen LogP contribution >= 0.6 is 0 Å². The number of ether oxygens (including phenoxy) is 1. The number of hydrogen-bond acceptors (Lipinski definition) is 4. The summed E-state index contributed by atoms with van der Waals surface area (Å²) in [6.45, 7) is 5.45. The Morgan fingerprint density at radius 3 is 2.48 bits per heavy atom. The van der Waals surface area contributed by atoms with Gasteiger partial charge in [0.05, 0.1) is 17.2 Å². The van der Waals surface area contributed by atoms with Crippen LogP contribution in [0, 0.1) is 17.1 Å². The third kappa shape index (κ3) is 3.34. The molecule has 2 bridgehead atoms. The van der Waals surface area contributed by atoms with Gasteiger partial charge in [-0.1, -0.05) is 0 Å². The van der Waals surface area contributed by atoms with Gasteiger partial charge in [-0.2, -0.15) is 5.26 Å². The summed E-state index contributed by atoms with van der Waals surface area (Å²) in [5.41, 5.74) is -1.50. The van der Waals surface area contributed by atoms with Crippen LogP contribution in [-0.2, 0) is 10.3 Å². The monoisotopic (exact) mass is 346 g/mol. The summed E-state index contributed by atoms with van der Waals surface area (Å²) < 4.78 is 19.8. The van der Waals surface area contributed by atoms with E-state index in [0.717, 1.165) is 12.8 Å². The van der Waals surface area contributed by atoms with E-state index in [1.54, 1.807) is 4.90 Å². The summed E-state index contributed by atoms with van der Waals surface area (Å²) in [6.07, 6.45) is 1.62. The van der Waals surface area contributed by atoms with Gasteiger partial charge >= 0.3 is 6.09 Å². The van der Waals surface area contributed by atoms with Crippen LogP contribution in [0.1, 0.15) is 57.6 Å². The Labute approximate surface area is 147 Å². The summed E-state index contributed by atoms with van der Waals surface area (Å²) in [4.78, 5) is 14.2. The molecule has 2 aliphatic rings. The van der Waals surface area contributed by atoms with Crippen molar-refractivity contribution in [2.45, 2.75) is 69.7 Å². The highest BCUT2D eigenvalue weighted by molar-refractivity contribution is 5.70. The Morgan fingerprint density at radius 2 is 1.96 bits per heavy atom. The molecule has 134 valence electrons. The first kappa shape index (κ1) is 17.7. The molecule has 1 aromatic carbocycles. The average Bonchev–Trinajstić information content (AvgIpc) is 2.79. The van der Waals surface area contributed by atoms with Gasteiger partial charge in [-0.25, -0.2) is 9.18 Å². The van der Waals surface area contributed by atoms with Crippen LogP contribution in [0.5, 0.6) is 0 Å². The summed E-state index contributed by atoms with van der Waals surface area (Å²) in [6, 6.07) is 5.62. The molecule has 1 aromatic rings. The van der Waals surface area contributed by atoms with Gasteiger partial charge in [0, 0.05) is 30.5 Å². The number of carbonyl (C=O) groups excluding carboxylic acids is 1. The second-order valence-electron chi connectivity index (χ2n) is 8.02. The molecular weight excluding hydrogens is 323 g/mol. The molecule has 2 unspecified atom stereocenters. The molecular formula is C19H23FN2O3. The average molecular weight is 346 g/mol. The van der Waals surface area contributed by atoms with E-state index in [4.69, 9.17) is 10.00 Å². The van der Waals surface area contributed by atoms with Crippen molar-refractivity contribution < 1.29 is 19.0 Å². The van der Waals surface area contributed by atoms with Gasteiger partial charge in [-0.05, 0) is 51.8 Å². The quantitative estimate of drug-likeness (QED) is 0.845. The number of piperidine rings is 1. The Balaban J connectivity index is 1.86. The molecule has 2 atom stereocenters. The number of benzene rings is 1. The summed E-state index contributed by atoms with van der Waals surface area (Å²) >= 11 is 0. The van der Waals surface area contributed by atoms with Gasteiger partial charge in [-0.3, -0.25) is 0 Å². The number of amides is 1. The summed E-state index contributed by atoms with van der Waals surface area (Å²) in [5, 5.41) is 20.2. The second kappa shape index (κ2) is 5.99. The summed E-state index contributed by atoms with van der Waals surface area (Å²) in [7, 11) is 0. The molecule has 0 aromatic heterocycles. The first-order valence-electron chi connectivity index (χ1n) is 8.57. The minimum atomic E-state index is -1.37. The first-order chi connectivity index (χ1) is 11.6. The van der Waals surface area contributed by atoms with Crippen molar-refractivity contribution in [1.29, 1.82) is 5.26 Å². The van der Waals surface area contributed by atoms with Crippen molar-refractivity contribution in [2.24, 2.45) is 0 Å². The molecule has 2 aliphatic heterocycles. The fourth-order valence-corrected chi connectivity index (χ4v) is 4.01. The van der Waals surface area contributed by atoms with Gasteiger partial charge < -0.3 is 14.7 Å². The highest BCUT2D eigenvalue weighted by Crippen LogP contribution is 2.46. The number of carbonyl (C=O) groups is 1. The predicted molar refractivity (Wildman–Crippen MR) is 89.1 cm³/mol. The lowest BCUT2D eigenvalue weighted by Crippen LogP contribution is -2.53. The van der Waals surface area contributed by atoms with Gasteiger partial charge in [0.2, 0.25) is 0 Å². The zero-order valence-corrected chi connectivity index (χ0v) is 14.8. The Morgan fingerprint density at radius 1 is 1.36 bits per heavy atom.